The zero-order chi connectivity index (χ0) is 29.3. The number of aliphatic imine (C=N–C) groups is 1. The molecule has 4 N–H and O–H groups in total. The summed E-state index contributed by atoms with van der Waals surface area (Å²) in [7, 11) is 0. The van der Waals surface area contributed by atoms with E-state index >= 15 is 0 Å². The van der Waals surface area contributed by atoms with Gasteiger partial charge in [-0.15, -0.1) is 0 Å². The third kappa shape index (κ3) is 9.96. The summed E-state index contributed by atoms with van der Waals surface area (Å²) in [4.78, 5) is 17.0. The van der Waals surface area contributed by atoms with Crippen LogP contribution in [-0.4, -0.2) is 36.8 Å². The van der Waals surface area contributed by atoms with Crippen molar-refractivity contribution in [3.8, 4) is 0 Å². The summed E-state index contributed by atoms with van der Waals surface area (Å²) in [6.45, 7) is 1.83. The molecule has 3 aromatic rings. The summed E-state index contributed by atoms with van der Waals surface area (Å²) in [5, 5.41) is 11.1. The highest BCUT2D eigenvalue weighted by Crippen LogP contribution is 2.25. The van der Waals surface area contributed by atoms with E-state index in [1.165, 1.54) is 36.4 Å². The van der Waals surface area contributed by atoms with Crippen LogP contribution in [0.2, 0.25) is 10.0 Å². The Balaban J connectivity index is 2.00. The van der Waals surface area contributed by atoms with Gasteiger partial charge >= 0.3 is 6.18 Å². The van der Waals surface area contributed by atoms with Crippen LogP contribution in [0.5, 0.6) is 0 Å². The molecule has 0 saturated heterocycles. The number of carbonyl (C=O) groups is 1. The molecule has 6 nitrogen and oxygen atoms in total. The fourth-order valence-corrected chi connectivity index (χ4v) is 4.01. The van der Waals surface area contributed by atoms with E-state index in [4.69, 9.17) is 23.2 Å². The lowest BCUT2D eigenvalue weighted by atomic mass is 10.1. The predicted molar refractivity (Wildman–Crippen MR) is 148 cm³/mol. The van der Waals surface area contributed by atoms with Crippen LogP contribution in [-0.2, 0) is 0 Å². The maximum atomic E-state index is 14.0. The zero-order valence-corrected chi connectivity index (χ0v) is 22.6. The molecule has 0 spiro atoms. The van der Waals surface area contributed by atoms with Crippen LogP contribution in [0.25, 0.3) is 0 Å². The number of anilines is 2. The van der Waals surface area contributed by atoms with Gasteiger partial charge in [-0.3, -0.25) is 4.79 Å². The molecule has 1 amide bonds. The summed E-state index contributed by atoms with van der Waals surface area (Å²) in [5.41, 5.74) is 0.475. The Morgan fingerprint density at radius 3 is 2.27 bits per heavy atom. The normalized spacial score (nSPS) is 13.4. The Bertz CT molecular complexity index is 1300. The molecule has 0 aliphatic carbocycles. The van der Waals surface area contributed by atoms with Crippen molar-refractivity contribution in [3.63, 3.8) is 0 Å². The first kappa shape index (κ1) is 31.1. The average molecular weight is 602 g/mol. The van der Waals surface area contributed by atoms with Crippen LogP contribution in [0.15, 0.2) is 71.7 Å². The number of amides is 1. The zero-order valence-electron chi connectivity index (χ0n) is 21.1. The van der Waals surface area contributed by atoms with E-state index in [0.717, 1.165) is 24.3 Å². The lowest BCUT2D eigenvalue weighted by molar-refractivity contribution is -0.158. The van der Waals surface area contributed by atoms with Gasteiger partial charge in [0.2, 0.25) is 5.96 Å². The molecule has 3 aromatic carbocycles. The SMILES string of the molecule is CCCNC(CC(N/C(=N\C(=O)c1cccc(Cl)c1)Nc1cc(F)cc(Cl)c1)Nc1ccc(F)cc1)C(F)(F)F. The van der Waals surface area contributed by atoms with Crippen LogP contribution in [0.1, 0.15) is 30.1 Å². The smallest absolute Gasteiger partial charge is 0.365 e. The monoisotopic (exact) mass is 601 g/mol. The minimum atomic E-state index is -4.61. The van der Waals surface area contributed by atoms with Gasteiger partial charge in [-0.2, -0.15) is 18.2 Å². The number of hydrogen-bond donors (Lipinski definition) is 4. The minimum Gasteiger partial charge on any atom is -0.365 e. The average Bonchev–Trinajstić information content (AvgIpc) is 2.86. The van der Waals surface area contributed by atoms with Crippen LogP contribution >= 0.6 is 23.2 Å². The van der Waals surface area contributed by atoms with Gasteiger partial charge in [-0.25, -0.2) is 8.78 Å². The molecule has 0 bridgehead atoms. The summed E-state index contributed by atoms with van der Waals surface area (Å²) in [5.74, 6) is -2.32. The molecule has 0 heterocycles. The van der Waals surface area contributed by atoms with E-state index in [0.29, 0.717) is 12.1 Å². The number of rotatable bonds is 10. The van der Waals surface area contributed by atoms with Gasteiger partial charge in [0.1, 0.15) is 23.8 Å². The van der Waals surface area contributed by atoms with Crippen molar-refractivity contribution in [2.45, 2.75) is 38.1 Å². The van der Waals surface area contributed by atoms with Gasteiger partial charge in [0.25, 0.3) is 5.91 Å². The van der Waals surface area contributed by atoms with E-state index in [1.807, 2.05) is 0 Å². The molecule has 0 fully saturated rings. The van der Waals surface area contributed by atoms with Gasteiger partial charge in [0.05, 0.1) is 0 Å². The van der Waals surface area contributed by atoms with Crippen molar-refractivity contribution < 1.29 is 26.7 Å². The van der Waals surface area contributed by atoms with Crippen LogP contribution < -0.4 is 21.3 Å². The molecule has 0 radical (unpaired) electrons. The molecule has 0 aromatic heterocycles. The number of hydrogen-bond acceptors (Lipinski definition) is 3. The van der Waals surface area contributed by atoms with E-state index in [1.54, 1.807) is 13.0 Å². The van der Waals surface area contributed by atoms with E-state index < -0.39 is 42.3 Å². The highest BCUT2D eigenvalue weighted by molar-refractivity contribution is 6.31. The van der Waals surface area contributed by atoms with E-state index in [9.17, 15) is 26.7 Å². The fourth-order valence-electron chi connectivity index (χ4n) is 3.60. The van der Waals surface area contributed by atoms with Crippen LogP contribution in [0.4, 0.5) is 33.3 Å². The predicted octanol–water partition coefficient (Wildman–Crippen LogP) is 7.23. The second-order valence-electron chi connectivity index (χ2n) is 8.69. The van der Waals surface area contributed by atoms with Crippen molar-refractivity contribution in [2.75, 3.05) is 17.2 Å². The molecular weight excluding hydrogens is 576 g/mol. The molecule has 0 saturated carbocycles. The quantitative estimate of drug-likeness (QED) is 0.0853. The molecule has 0 aliphatic rings. The highest BCUT2D eigenvalue weighted by Gasteiger charge is 2.40. The summed E-state index contributed by atoms with van der Waals surface area (Å²) in [6, 6.07) is 12.4. The van der Waals surface area contributed by atoms with Gasteiger partial charge in [-0.1, -0.05) is 36.2 Å². The summed E-state index contributed by atoms with van der Waals surface area (Å²) < 4.78 is 69.2. The lowest BCUT2D eigenvalue weighted by Crippen LogP contribution is -2.52. The van der Waals surface area contributed by atoms with Crippen molar-refractivity contribution in [1.82, 2.24) is 10.6 Å². The summed E-state index contributed by atoms with van der Waals surface area (Å²) >= 11 is 11.9. The van der Waals surface area contributed by atoms with Gasteiger partial charge in [0, 0.05) is 33.4 Å². The van der Waals surface area contributed by atoms with E-state index in [-0.39, 0.29) is 33.8 Å². The lowest BCUT2D eigenvalue weighted by Gasteiger charge is -2.29. The molecule has 3 rings (SSSR count). The minimum absolute atomic E-state index is 0.0323. The second kappa shape index (κ2) is 14.3. The molecule has 40 heavy (non-hydrogen) atoms. The van der Waals surface area contributed by atoms with Crippen molar-refractivity contribution >= 4 is 46.4 Å². The Labute approximate surface area is 238 Å². The topological polar surface area (TPSA) is 77.5 Å². The Morgan fingerprint density at radius 2 is 1.65 bits per heavy atom. The third-order valence-electron chi connectivity index (χ3n) is 5.41. The Morgan fingerprint density at radius 1 is 0.925 bits per heavy atom. The Kier molecular flexibility index (Phi) is 11.1. The van der Waals surface area contributed by atoms with Gasteiger partial charge in [-0.05, 0) is 73.6 Å². The second-order valence-corrected chi connectivity index (χ2v) is 9.56. The van der Waals surface area contributed by atoms with Crippen molar-refractivity contribution in [2.24, 2.45) is 4.99 Å². The summed E-state index contributed by atoms with van der Waals surface area (Å²) in [6.07, 6.45) is -5.93. The molecule has 13 heteroatoms. The first-order valence-corrected chi connectivity index (χ1v) is 12.9. The largest absolute Gasteiger partial charge is 0.403 e. The maximum absolute atomic E-state index is 14.0. The number of alkyl halides is 3. The highest BCUT2D eigenvalue weighted by atomic mass is 35.5. The first-order chi connectivity index (χ1) is 18.9. The number of guanidine groups is 1. The van der Waals surface area contributed by atoms with Gasteiger partial charge in [0.15, 0.2) is 0 Å². The number of halogens is 7. The van der Waals surface area contributed by atoms with Crippen molar-refractivity contribution in [1.29, 1.82) is 0 Å². The van der Waals surface area contributed by atoms with Crippen molar-refractivity contribution in [3.05, 3.63) is 94.0 Å². The van der Waals surface area contributed by atoms with Gasteiger partial charge < -0.3 is 21.3 Å². The number of benzene rings is 3. The maximum Gasteiger partial charge on any atom is 0.403 e. The third-order valence-corrected chi connectivity index (χ3v) is 5.87. The number of nitrogens with zero attached hydrogens (tertiary/aromatic N) is 1. The number of nitrogens with one attached hydrogen (secondary N) is 4. The molecule has 2 atom stereocenters. The molecular formula is C27H26Cl2F5N5O. The molecule has 0 aliphatic heterocycles. The first-order valence-electron chi connectivity index (χ1n) is 12.1. The van der Waals surface area contributed by atoms with E-state index in [2.05, 4.69) is 26.3 Å². The molecule has 2 unspecified atom stereocenters. The standard InChI is InChI=1S/C27H26Cl2F5N5O/c1-2-10-35-23(27(32,33)34)15-24(36-21-8-6-19(30)7-9-21)38-26(37-22-13-18(29)12-20(31)14-22)39-25(40)16-4-3-5-17(28)11-16/h3-9,11-14,23-24,35-36H,2,10,15H2,1H3,(H2,37,38,39,40). The van der Waals surface area contributed by atoms with Crippen LogP contribution in [0, 0.1) is 11.6 Å². The van der Waals surface area contributed by atoms with Crippen LogP contribution in [0.3, 0.4) is 0 Å². The Hall–Kier alpha value is -3.41. The molecule has 214 valence electrons. The number of carbonyl (C=O) groups excluding carboxylic acids is 1. The fraction of sp³-hybridized carbons (Fsp3) is 0.259.